The van der Waals surface area contributed by atoms with Gasteiger partial charge in [-0.3, -0.25) is 4.79 Å². The van der Waals surface area contributed by atoms with E-state index < -0.39 is 21.2 Å². The Bertz CT molecular complexity index is 382. The number of likely N-dealkylation sites (N-methyl/N-ethyl adjacent to an activating group) is 1. The molecule has 1 aliphatic rings. The lowest BCUT2D eigenvalue weighted by Crippen LogP contribution is -2.51. The highest BCUT2D eigenvalue weighted by Crippen LogP contribution is 2.15. The number of methoxy groups -OCH3 is 1. The molecule has 0 aromatic rings. The predicted octanol–water partition coefficient (Wildman–Crippen LogP) is -1.20. The van der Waals surface area contributed by atoms with Crippen LogP contribution in [0.4, 0.5) is 0 Å². The first-order valence-electron chi connectivity index (χ1n) is 5.76. The van der Waals surface area contributed by atoms with Gasteiger partial charge in [0.05, 0.1) is 19.8 Å². The fourth-order valence-corrected chi connectivity index (χ4v) is 3.28. The molecule has 1 fully saturated rings. The van der Waals surface area contributed by atoms with Crippen molar-refractivity contribution in [2.75, 3.05) is 40.4 Å². The molecule has 1 heterocycles. The van der Waals surface area contributed by atoms with Crippen molar-refractivity contribution >= 4 is 16.0 Å². The van der Waals surface area contributed by atoms with Gasteiger partial charge in [0.15, 0.2) is 5.25 Å². The summed E-state index contributed by atoms with van der Waals surface area (Å²) < 4.78 is 35.6. The zero-order chi connectivity index (χ0) is 13.8. The van der Waals surface area contributed by atoms with Crippen LogP contribution in [-0.2, 0) is 24.3 Å². The Morgan fingerprint density at radius 2 is 2.28 bits per heavy atom. The highest BCUT2D eigenvalue weighted by molar-refractivity contribution is 7.90. The van der Waals surface area contributed by atoms with Crippen molar-refractivity contribution in [2.24, 2.45) is 0 Å². The normalized spacial score (nSPS) is 23.6. The van der Waals surface area contributed by atoms with Crippen LogP contribution in [0, 0.1) is 0 Å². The van der Waals surface area contributed by atoms with Gasteiger partial charge in [-0.15, -0.1) is 0 Å². The molecule has 7 nitrogen and oxygen atoms in total. The third-order valence-electron chi connectivity index (χ3n) is 2.87. The lowest BCUT2D eigenvalue weighted by molar-refractivity contribution is -0.139. The summed E-state index contributed by atoms with van der Waals surface area (Å²) in [4.78, 5) is 11.3. The molecule has 2 atom stereocenters. The molecule has 0 aromatic carbocycles. The summed E-state index contributed by atoms with van der Waals surface area (Å²) in [6.45, 7) is 2.76. The molecular weight excluding hydrogens is 260 g/mol. The van der Waals surface area contributed by atoms with Crippen LogP contribution in [0.3, 0.4) is 0 Å². The second-order valence-corrected chi connectivity index (χ2v) is 6.37. The Kier molecular flexibility index (Phi) is 5.51. The molecule has 106 valence electrons. The first-order chi connectivity index (χ1) is 8.43. The van der Waals surface area contributed by atoms with E-state index in [9.17, 15) is 13.2 Å². The van der Waals surface area contributed by atoms with Crippen molar-refractivity contribution < 1.29 is 22.7 Å². The Labute approximate surface area is 107 Å². The van der Waals surface area contributed by atoms with Crippen LogP contribution in [-0.4, -0.2) is 70.4 Å². The maximum atomic E-state index is 12.2. The average Bonchev–Trinajstić information content (AvgIpc) is 2.37. The molecular formula is C10H20N2O5S. The summed E-state index contributed by atoms with van der Waals surface area (Å²) in [5, 5.41) is 1.75. The molecule has 2 unspecified atom stereocenters. The minimum Gasteiger partial charge on any atom is -0.468 e. The van der Waals surface area contributed by atoms with Crippen molar-refractivity contribution in [3.05, 3.63) is 0 Å². The van der Waals surface area contributed by atoms with Gasteiger partial charge < -0.3 is 14.8 Å². The standard InChI is InChI=1S/C10H20N2O5S/c1-8(10(13)16-3)18(14,15)12-4-5-17-9(7-12)6-11-2/h8-9,11H,4-7H2,1-3H3. The number of sulfonamides is 1. The van der Waals surface area contributed by atoms with E-state index in [-0.39, 0.29) is 19.2 Å². The van der Waals surface area contributed by atoms with Crippen molar-refractivity contribution in [1.29, 1.82) is 0 Å². The molecule has 0 spiro atoms. The van der Waals surface area contributed by atoms with Crippen molar-refractivity contribution in [3.63, 3.8) is 0 Å². The molecule has 1 saturated heterocycles. The minimum absolute atomic E-state index is 0.191. The van der Waals surface area contributed by atoms with Crippen LogP contribution in [0.2, 0.25) is 0 Å². The second kappa shape index (κ2) is 6.46. The third-order valence-corrected chi connectivity index (χ3v) is 5.01. The summed E-state index contributed by atoms with van der Waals surface area (Å²) in [5.41, 5.74) is 0. The maximum Gasteiger partial charge on any atom is 0.325 e. The third kappa shape index (κ3) is 3.41. The number of carbonyl (C=O) groups excluding carboxylic acids is 1. The van der Waals surface area contributed by atoms with Crippen LogP contribution in [0.5, 0.6) is 0 Å². The van der Waals surface area contributed by atoms with E-state index in [0.29, 0.717) is 13.2 Å². The fraction of sp³-hybridized carbons (Fsp3) is 0.900. The fourth-order valence-electron chi connectivity index (χ4n) is 1.79. The summed E-state index contributed by atoms with van der Waals surface area (Å²) in [5.74, 6) is -0.744. The van der Waals surface area contributed by atoms with Crippen LogP contribution in [0.1, 0.15) is 6.92 Å². The van der Waals surface area contributed by atoms with E-state index in [1.165, 1.54) is 18.3 Å². The van der Waals surface area contributed by atoms with E-state index >= 15 is 0 Å². The summed E-state index contributed by atoms with van der Waals surface area (Å²) >= 11 is 0. The monoisotopic (exact) mass is 280 g/mol. The van der Waals surface area contributed by atoms with E-state index in [1.54, 1.807) is 7.05 Å². The van der Waals surface area contributed by atoms with Crippen molar-refractivity contribution in [2.45, 2.75) is 18.3 Å². The number of esters is 1. The Balaban J connectivity index is 2.75. The second-order valence-electron chi connectivity index (χ2n) is 4.12. The lowest BCUT2D eigenvalue weighted by Gasteiger charge is -2.33. The lowest BCUT2D eigenvalue weighted by atomic mass is 10.3. The Morgan fingerprint density at radius 3 is 2.83 bits per heavy atom. The van der Waals surface area contributed by atoms with E-state index in [1.807, 2.05) is 0 Å². The SMILES string of the molecule is CNCC1CN(S(=O)(=O)C(C)C(=O)OC)CCO1. The Hall–Kier alpha value is -0.700. The van der Waals surface area contributed by atoms with E-state index in [4.69, 9.17) is 4.74 Å². The molecule has 0 saturated carbocycles. The zero-order valence-corrected chi connectivity index (χ0v) is 11.7. The van der Waals surface area contributed by atoms with Crippen molar-refractivity contribution in [1.82, 2.24) is 9.62 Å². The van der Waals surface area contributed by atoms with Crippen LogP contribution in [0.25, 0.3) is 0 Å². The van der Waals surface area contributed by atoms with Crippen LogP contribution >= 0.6 is 0 Å². The molecule has 0 radical (unpaired) electrons. The number of hydrogen-bond donors (Lipinski definition) is 1. The molecule has 1 N–H and O–H groups in total. The first kappa shape index (κ1) is 15.4. The molecule has 18 heavy (non-hydrogen) atoms. The summed E-state index contributed by atoms with van der Waals surface area (Å²) in [7, 11) is -0.724. The quantitative estimate of drug-likeness (QED) is 0.637. The van der Waals surface area contributed by atoms with Gasteiger partial charge in [0.2, 0.25) is 10.0 Å². The van der Waals surface area contributed by atoms with Crippen LogP contribution in [0.15, 0.2) is 0 Å². The predicted molar refractivity (Wildman–Crippen MR) is 65.6 cm³/mol. The Morgan fingerprint density at radius 1 is 1.61 bits per heavy atom. The summed E-state index contributed by atoms with van der Waals surface area (Å²) in [6.07, 6.45) is -0.191. The molecule has 8 heteroatoms. The van der Waals surface area contributed by atoms with E-state index in [0.717, 1.165) is 0 Å². The number of nitrogens with one attached hydrogen (secondary N) is 1. The average molecular weight is 280 g/mol. The van der Waals surface area contributed by atoms with E-state index in [2.05, 4.69) is 10.1 Å². The molecule has 1 aliphatic heterocycles. The number of nitrogens with zero attached hydrogens (tertiary/aromatic N) is 1. The van der Waals surface area contributed by atoms with Gasteiger partial charge in [0.1, 0.15) is 0 Å². The number of ether oxygens (including phenoxy) is 2. The number of carbonyl (C=O) groups is 1. The van der Waals surface area contributed by atoms with Gasteiger partial charge in [-0.25, -0.2) is 8.42 Å². The molecule has 0 amide bonds. The van der Waals surface area contributed by atoms with Gasteiger partial charge in [-0.1, -0.05) is 0 Å². The molecule has 0 bridgehead atoms. The first-order valence-corrected chi connectivity index (χ1v) is 7.26. The highest BCUT2D eigenvalue weighted by Gasteiger charge is 2.37. The molecule has 1 rings (SSSR count). The maximum absolute atomic E-state index is 12.2. The largest absolute Gasteiger partial charge is 0.468 e. The molecule has 0 aromatic heterocycles. The topological polar surface area (TPSA) is 84.9 Å². The van der Waals surface area contributed by atoms with Gasteiger partial charge in [-0.2, -0.15) is 4.31 Å². The van der Waals surface area contributed by atoms with Gasteiger partial charge in [-0.05, 0) is 14.0 Å². The van der Waals surface area contributed by atoms with Gasteiger partial charge in [0, 0.05) is 19.6 Å². The minimum atomic E-state index is -3.67. The number of hydrogen-bond acceptors (Lipinski definition) is 6. The van der Waals surface area contributed by atoms with Crippen LogP contribution < -0.4 is 5.32 Å². The number of morpholine rings is 1. The smallest absolute Gasteiger partial charge is 0.325 e. The highest BCUT2D eigenvalue weighted by atomic mass is 32.2. The van der Waals surface area contributed by atoms with Gasteiger partial charge >= 0.3 is 5.97 Å². The van der Waals surface area contributed by atoms with Gasteiger partial charge in [0.25, 0.3) is 0 Å². The zero-order valence-electron chi connectivity index (χ0n) is 10.9. The number of rotatable bonds is 5. The van der Waals surface area contributed by atoms with Crippen molar-refractivity contribution in [3.8, 4) is 0 Å². The summed E-state index contributed by atoms with van der Waals surface area (Å²) in [6, 6.07) is 0. The molecule has 0 aliphatic carbocycles.